The number of hydrogen-bond acceptors (Lipinski definition) is 9. The number of hydrogen-bond donors (Lipinski definition) is 2. The average molecular weight is 728 g/mol. The summed E-state index contributed by atoms with van der Waals surface area (Å²) < 4.78 is 23.1. The third kappa shape index (κ3) is 8.66. The zero-order valence-corrected chi connectivity index (χ0v) is 31.1. The maximum absolute atomic E-state index is 14.5. The second kappa shape index (κ2) is 15.7. The highest BCUT2D eigenvalue weighted by atomic mass is 16.6. The Labute approximate surface area is 309 Å². The first-order valence-electron chi connectivity index (χ1n) is 18.4. The van der Waals surface area contributed by atoms with E-state index in [0.717, 1.165) is 30.2 Å². The van der Waals surface area contributed by atoms with Crippen molar-refractivity contribution in [2.75, 3.05) is 26.8 Å². The van der Waals surface area contributed by atoms with E-state index in [4.69, 9.17) is 23.9 Å². The number of nitrogens with one attached hydrogen (secondary N) is 2. The molecule has 3 heterocycles. The minimum Gasteiger partial charge on any atom is -0.497 e. The van der Waals surface area contributed by atoms with Crippen molar-refractivity contribution in [1.29, 1.82) is 0 Å². The molecule has 0 radical (unpaired) electrons. The van der Waals surface area contributed by atoms with Gasteiger partial charge in [0, 0.05) is 42.0 Å². The van der Waals surface area contributed by atoms with Crippen molar-refractivity contribution >= 4 is 34.9 Å². The molecule has 2 N–H and O–H groups in total. The Balaban J connectivity index is 1.35. The van der Waals surface area contributed by atoms with Crippen LogP contribution in [0.25, 0.3) is 22.2 Å². The summed E-state index contributed by atoms with van der Waals surface area (Å²) in [5.41, 5.74) is 2.82. The molecule has 1 saturated carbocycles. The normalized spacial score (nSPS) is 24.1. The lowest BCUT2D eigenvalue weighted by Crippen LogP contribution is -2.58. The van der Waals surface area contributed by atoms with E-state index in [2.05, 4.69) is 10.7 Å². The quantitative estimate of drug-likeness (QED) is 0.216. The average Bonchev–Trinajstić information content (AvgIpc) is 3.66. The van der Waals surface area contributed by atoms with Crippen molar-refractivity contribution in [3.05, 3.63) is 66.7 Å². The maximum atomic E-state index is 14.5. The maximum Gasteiger partial charge on any atom is 0.426 e. The summed E-state index contributed by atoms with van der Waals surface area (Å²) in [7, 11) is 1.59. The highest BCUT2D eigenvalue weighted by Crippen LogP contribution is 2.46. The summed E-state index contributed by atoms with van der Waals surface area (Å²) in [6, 6.07) is 15.5. The van der Waals surface area contributed by atoms with Crippen molar-refractivity contribution in [2.24, 2.45) is 5.92 Å². The minimum atomic E-state index is -1.23. The Morgan fingerprint density at radius 1 is 1.06 bits per heavy atom. The number of carbonyl (C=O) groups is 4. The van der Waals surface area contributed by atoms with Gasteiger partial charge in [0.25, 0.3) is 0 Å². The van der Waals surface area contributed by atoms with Gasteiger partial charge >= 0.3 is 18.1 Å². The van der Waals surface area contributed by atoms with Crippen molar-refractivity contribution in [3.8, 4) is 22.8 Å². The van der Waals surface area contributed by atoms with Crippen LogP contribution >= 0.6 is 0 Å². The SMILES string of the molecule is CCOC(=O)C12CC1/C=C\CCCCCN(NC(=O)OC(C)(C)C)C(=O)N1CC(Oc3cc(-c4ccccc4)nc4cc(OC)ccc34)CC1C(=O)N2. The fourth-order valence-electron chi connectivity index (χ4n) is 6.93. The third-order valence-electron chi connectivity index (χ3n) is 9.63. The van der Waals surface area contributed by atoms with E-state index in [1.165, 1.54) is 9.91 Å². The van der Waals surface area contributed by atoms with E-state index in [0.29, 0.717) is 35.6 Å². The van der Waals surface area contributed by atoms with Gasteiger partial charge in [0.05, 0.1) is 31.5 Å². The summed E-state index contributed by atoms with van der Waals surface area (Å²) in [4.78, 5) is 61.4. The van der Waals surface area contributed by atoms with Crippen LogP contribution in [0.5, 0.6) is 11.5 Å². The molecule has 4 amide bonds. The Hall–Kier alpha value is -5.33. The number of amides is 4. The first-order chi connectivity index (χ1) is 25.4. The molecule has 4 unspecified atom stereocenters. The molecule has 2 aliphatic heterocycles. The first kappa shape index (κ1) is 37.4. The van der Waals surface area contributed by atoms with Gasteiger partial charge in [-0.2, -0.15) is 0 Å². The summed E-state index contributed by atoms with van der Waals surface area (Å²) in [5.74, 6) is -0.0750. The standard InChI is InChI=1S/C40H49N5O8/c1-6-51-36(47)40-24-27(40)17-13-8-7-9-14-20-45(43-37(48)53-39(2,3)4)38(49)44-25-29(22-33(44)35(46)42-40)52-34-23-31(26-15-11-10-12-16-26)41-32-21-28(50-5)18-19-30(32)34/h10-13,15-19,21,23,27,29,33H,6-9,14,20,22,24-25H2,1-5H3,(H,42,46)(H,43,48)/b17-13-. The molecular weight excluding hydrogens is 678 g/mol. The Morgan fingerprint density at radius 2 is 1.85 bits per heavy atom. The minimum absolute atomic E-state index is 0.0276. The van der Waals surface area contributed by atoms with Crippen LogP contribution in [0, 0.1) is 5.92 Å². The number of urea groups is 1. The lowest BCUT2D eigenvalue weighted by Gasteiger charge is -2.32. The molecule has 2 aromatic carbocycles. The number of aromatic nitrogens is 1. The molecule has 13 nitrogen and oxygen atoms in total. The molecule has 3 aliphatic rings. The topological polar surface area (TPSA) is 149 Å². The number of hydrazine groups is 1. The summed E-state index contributed by atoms with van der Waals surface area (Å²) >= 11 is 0. The van der Waals surface area contributed by atoms with E-state index in [1.54, 1.807) is 34.8 Å². The monoisotopic (exact) mass is 727 g/mol. The number of nitrogens with zero attached hydrogens (tertiary/aromatic N) is 3. The molecule has 0 spiro atoms. The van der Waals surface area contributed by atoms with Gasteiger partial charge in [-0.25, -0.2) is 29.8 Å². The molecule has 13 heteroatoms. The molecule has 1 aliphatic carbocycles. The van der Waals surface area contributed by atoms with E-state index < -0.39 is 47.3 Å². The Bertz CT molecular complexity index is 1860. The number of rotatable bonds is 7. The number of allylic oxidation sites excluding steroid dienone is 1. The molecule has 1 saturated heterocycles. The largest absolute Gasteiger partial charge is 0.497 e. The van der Waals surface area contributed by atoms with Gasteiger partial charge in [0.1, 0.15) is 34.8 Å². The van der Waals surface area contributed by atoms with E-state index in [9.17, 15) is 19.2 Å². The second-order valence-corrected chi connectivity index (χ2v) is 14.7. The van der Waals surface area contributed by atoms with Crippen molar-refractivity contribution in [2.45, 2.75) is 89.5 Å². The van der Waals surface area contributed by atoms with E-state index in [-0.39, 0.29) is 32.0 Å². The molecule has 4 atom stereocenters. The lowest BCUT2D eigenvalue weighted by atomic mass is 10.1. The number of carbonyl (C=O) groups excluding carboxylic acids is 4. The van der Waals surface area contributed by atoms with Gasteiger partial charge < -0.3 is 29.2 Å². The molecule has 1 aromatic heterocycles. The van der Waals surface area contributed by atoms with Gasteiger partial charge in [-0.15, -0.1) is 0 Å². The highest BCUT2D eigenvalue weighted by molar-refractivity contribution is 5.95. The number of benzene rings is 2. The van der Waals surface area contributed by atoms with Crippen LogP contribution in [0.3, 0.4) is 0 Å². The zero-order chi connectivity index (χ0) is 37.8. The van der Waals surface area contributed by atoms with Crippen LogP contribution in [0.2, 0.25) is 0 Å². The van der Waals surface area contributed by atoms with Gasteiger partial charge in [0.15, 0.2) is 0 Å². The van der Waals surface area contributed by atoms with Crippen LogP contribution in [0.4, 0.5) is 9.59 Å². The molecule has 6 rings (SSSR count). The smallest absolute Gasteiger partial charge is 0.426 e. The molecule has 0 bridgehead atoms. The molecule has 53 heavy (non-hydrogen) atoms. The lowest BCUT2D eigenvalue weighted by molar-refractivity contribution is -0.149. The molecular formula is C40H49N5O8. The fraction of sp³-hybridized carbons (Fsp3) is 0.475. The predicted molar refractivity (Wildman–Crippen MR) is 198 cm³/mol. The zero-order valence-electron chi connectivity index (χ0n) is 31.1. The predicted octanol–water partition coefficient (Wildman–Crippen LogP) is 6.16. The van der Waals surface area contributed by atoms with E-state index >= 15 is 0 Å². The summed E-state index contributed by atoms with van der Waals surface area (Å²) in [5, 5.41) is 4.94. The number of esters is 1. The number of fused-ring (bicyclic) bond motifs is 3. The summed E-state index contributed by atoms with van der Waals surface area (Å²) in [6.45, 7) is 7.34. The van der Waals surface area contributed by atoms with E-state index in [1.807, 2.05) is 66.7 Å². The number of pyridine rings is 1. The van der Waals surface area contributed by atoms with Gasteiger partial charge in [-0.3, -0.25) is 4.79 Å². The highest BCUT2D eigenvalue weighted by Gasteiger charge is 2.62. The van der Waals surface area contributed by atoms with Crippen molar-refractivity contribution in [3.63, 3.8) is 0 Å². The molecule has 2 fully saturated rings. The van der Waals surface area contributed by atoms with Gasteiger partial charge in [-0.05, 0) is 65.5 Å². The van der Waals surface area contributed by atoms with Crippen LogP contribution in [0.15, 0.2) is 66.7 Å². The third-order valence-corrected chi connectivity index (χ3v) is 9.63. The first-order valence-corrected chi connectivity index (χ1v) is 18.4. The number of methoxy groups -OCH3 is 1. The van der Waals surface area contributed by atoms with Crippen molar-refractivity contribution < 1.29 is 38.1 Å². The van der Waals surface area contributed by atoms with Crippen LogP contribution in [-0.2, 0) is 19.1 Å². The van der Waals surface area contributed by atoms with Crippen LogP contribution in [-0.4, -0.2) is 89.0 Å². The van der Waals surface area contributed by atoms with Gasteiger partial charge in [0.2, 0.25) is 5.91 Å². The summed E-state index contributed by atoms with van der Waals surface area (Å²) in [6.07, 6.45) is 6.11. The van der Waals surface area contributed by atoms with Crippen LogP contribution in [0.1, 0.15) is 66.2 Å². The Morgan fingerprint density at radius 3 is 2.58 bits per heavy atom. The Kier molecular flexibility index (Phi) is 11.1. The van der Waals surface area contributed by atoms with Gasteiger partial charge in [-0.1, -0.05) is 48.9 Å². The number of ether oxygens (including phenoxy) is 4. The fourth-order valence-corrected chi connectivity index (χ4v) is 6.93. The second-order valence-electron chi connectivity index (χ2n) is 14.7. The van der Waals surface area contributed by atoms with Crippen LogP contribution < -0.4 is 20.2 Å². The molecule has 282 valence electrons. The molecule has 3 aromatic rings. The van der Waals surface area contributed by atoms with Crippen molar-refractivity contribution in [1.82, 2.24) is 25.6 Å².